The Balaban J connectivity index is 1.20. The lowest BCUT2D eigenvalue weighted by molar-refractivity contribution is 0.000855. The number of nitrogens with one attached hydrogen (secondary N) is 1. The number of nitrogens with zero attached hydrogens (tertiary/aromatic N) is 4. The van der Waals surface area contributed by atoms with Gasteiger partial charge >= 0.3 is 0 Å². The fraction of sp³-hybridized carbons (Fsp3) is 0.565. The van der Waals surface area contributed by atoms with Crippen molar-refractivity contribution in [1.82, 2.24) is 19.8 Å². The molecule has 2 aliphatic heterocycles. The van der Waals surface area contributed by atoms with Crippen LogP contribution in [0.1, 0.15) is 47.3 Å². The zero-order valence-electron chi connectivity index (χ0n) is 17.8. The van der Waals surface area contributed by atoms with E-state index in [9.17, 15) is 9.18 Å². The number of benzene rings is 1. The van der Waals surface area contributed by atoms with Crippen molar-refractivity contribution in [2.75, 3.05) is 31.6 Å². The molecule has 1 saturated carbocycles. The van der Waals surface area contributed by atoms with E-state index in [-0.39, 0.29) is 11.3 Å². The second-order valence-corrected chi connectivity index (χ2v) is 9.28. The highest BCUT2D eigenvalue weighted by atomic mass is 19.1. The fourth-order valence-corrected chi connectivity index (χ4v) is 5.18. The number of imidazole rings is 1. The molecule has 7 heteroatoms. The molecule has 30 heavy (non-hydrogen) atoms. The standard InChI is InChI=1S/C23H30FN5O/c1-3-19-21(29-9-8-27(2)13-20(29)26-19)22(30)25-12-16-4-6-18(7-5-16)28-14-23(15-28)10-17(24)11-23/h4-7,17H,3,8-15H2,1-2H3,(H,25,30). The predicted octanol–water partition coefficient (Wildman–Crippen LogP) is 2.76. The number of alkyl halides is 1. The predicted molar refractivity (Wildman–Crippen MR) is 114 cm³/mol. The zero-order valence-corrected chi connectivity index (χ0v) is 17.8. The number of carbonyl (C=O) groups is 1. The zero-order chi connectivity index (χ0) is 20.9. The summed E-state index contributed by atoms with van der Waals surface area (Å²) in [4.78, 5) is 22.2. The van der Waals surface area contributed by atoms with Gasteiger partial charge in [-0.1, -0.05) is 19.1 Å². The number of aryl methyl sites for hydroxylation is 1. The lowest BCUT2D eigenvalue weighted by Crippen LogP contribution is -2.63. The molecular weight excluding hydrogens is 381 g/mol. The number of anilines is 1. The molecular formula is C23H30FN5O. The number of carbonyl (C=O) groups excluding carboxylic acids is 1. The average molecular weight is 412 g/mol. The minimum Gasteiger partial charge on any atom is -0.370 e. The maximum Gasteiger partial charge on any atom is 0.270 e. The van der Waals surface area contributed by atoms with Gasteiger partial charge in [0.1, 0.15) is 17.7 Å². The van der Waals surface area contributed by atoms with Gasteiger partial charge in [-0.05, 0) is 44.0 Å². The van der Waals surface area contributed by atoms with Crippen molar-refractivity contribution in [1.29, 1.82) is 0 Å². The number of amides is 1. The maximum absolute atomic E-state index is 13.2. The highest BCUT2D eigenvalue weighted by Gasteiger charge is 2.52. The van der Waals surface area contributed by atoms with Crippen LogP contribution in [0.15, 0.2) is 24.3 Å². The van der Waals surface area contributed by atoms with E-state index in [1.54, 1.807) is 0 Å². The van der Waals surface area contributed by atoms with Crippen LogP contribution in [0, 0.1) is 5.41 Å². The number of hydrogen-bond donors (Lipinski definition) is 1. The molecule has 1 spiro atoms. The van der Waals surface area contributed by atoms with E-state index in [1.807, 2.05) is 6.92 Å². The van der Waals surface area contributed by atoms with Gasteiger partial charge in [0, 0.05) is 43.8 Å². The van der Waals surface area contributed by atoms with Crippen LogP contribution in [0.4, 0.5) is 10.1 Å². The highest BCUT2D eigenvalue weighted by molar-refractivity contribution is 5.94. The summed E-state index contributed by atoms with van der Waals surface area (Å²) in [6, 6.07) is 8.35. The molecule has 0 unspecified atom stereocenters. The van der Waals surface area contributed by atoms with Crippen LogP contribution in [-0.2, 0) is 26.1 Å². The number of hydrogen-bond acceptors (Lipinski definition) is 4. The van der Waals surface area contributed by atoms with Crippen LogP contribution in [-0.4, -0.2) is 53.2 Å². The SMILES string of the molecule is CCc1nc2n(c1C(=O)NCc1ccc(N3CC4(CC(F)C4)C3)cc1)CCN(C)C2. The topological polar surface area (TPSA) is 53.4 Å². The quantitative estimate of drug-likeness (QED) is 0.822. The molecule has 1 N–H and O–H groups in total. The van der Waals surface area contributed by atoms with Crippen LogP contribution < -0.4 is 10.2 Å². The molecule has 0 atom stereocenters. The summed E-state index contributed by atoms with van der Waals surface area (Å²) in [5.41, 5.74) is 4.09. The molecule has 1 saturated heterocycles. The van der Waals surface area contributed by atoms with E-state index < -0.39 is 6.17 Å². The second-order valence-electron chi connectivity index (χ2n) is 9.28. The molecule has 1 aromatic heterocycles. The van der Waals surface area contributed by atoms with Gasteiger partial charge in [0.05, 0.1) is 12.2 Å². The number of aromatic nitrogens is 2. The highest BCUT2D eigenvalue weighted by Crippen LogP contribution is 2.50. The fourth-order valence-electron chi connectivity index (χ4n) is 5.18. The Morgan fingerprint density at radius 1 is 1.23 bits per heavy atom. The molecule has 0 bridgehead atoms. The molecule has 1 aromatic carbocycles. The normalized spacial score (nSPS) is 20.6. The van der Waals surface area contributed by atoms with Crippen LogP contribution in [0.3, 0.4) is 0 Å². The van der Waals surface area contributed by atoms with E-state index in [2.05, 4.69) is 51.0 Å². The number of fused-ring (bicyclic) bond motifs is 1. The van der Waals surface area contributed by atoms with Crippen molar-refractivity contribution in [2.24, 2.45) is 5.41 Å². The minimum atomic E-state index is -0.589. The Hall–Kier alpha value is -2.41. The van der Waals surface area contributed by atoms with E-state index in [4.69, 9.17) is 4.98 Å². The molecule has 2 fully saturated rings. The molecule has 6 nitrogen and oxygen atoms in total. The van der Waals surface area contributed by atoms with Crippen LogP contribution in [0.25, 0.3) is 0 Å². The van der Waals surface area contributed by atoms with Crippen LogP contribution in [0.2, 0.25) is 0 Å². The molecule has 160 valence electrons. The first-order chi connectivity index (χ1) is 14.5. The third-order valence-corrected chi connectivity index (χ3v) is 6.90. The van der Waals surface area contributed by atoms with E-state index in [0.29, 0.717) is 6.54 Å². The summed E-state index contributed by atoms with van der Waals surface area (Å²) in [5, 5.41) is 3.08. The lowest BCUT2D eigenvalue weighted by Gasteiger charge is -2.58. The molecule has 1 amide bonds. The van der Waals surface area contributed by atoms with Crippen molar-refractivity contribution in [3.05, 3.63) is 47.0 Å². The largest absolute Gasteiger partial charge is 0.370 e. The van der Waals surface area contributed by atoms with Crippen LogP contribution in [0.5, 0.6) is 0 Å². The van der Waals surface area contributed by atoms with E-state index in [1.165, 1.54) is 5.69 Å². The number of likely N-dealkylation sites (N-methyl/N-ethyl adjacent to an activating group) is 1. The maximum atomic E-state index is 13.2. The minimum absolute atomic E-state index is 0.0466. The number of rotatable bonds is 5. The average Bonchev–Trinajstić information content (AvgIpc) is 3.06. The Kier molecular flexibility index (Phi) is 4.81. The molecule has 0 radical (unpaired) electrons. The first-order valence-electron chi connectivity index (χ1n) is 11.0. The van der Waals surface area contributed by atoms with Crippen molar-refractivity contribution in [3.63, 3.8) is 0 Å². The van der Waals surface area contributed by atoms with E-state index >= 15 is 0 Å². The Labute approximate surface area is 177 Å². The van der Waals surface area contributed by atoms with Gasteiger partial charge in [0.25, 0.3) is 5.91 Å². The van der Waals surface area contributed by atoms with Gasteiger partial charge in [0.15, 0.2) is 0 Å². The Bertz CT molecular complexity index is 939. The van der Waals surface area contributed by atoms with Crippen molar-refractivity contribution in [3.8, 4) is 0 Å². The van der Waals surface area contributed by atoms with Crippen molar-refractivity contribution in [2.45, 2.75) is 52.0 Å². The third-order valence-electron chi connectivity index (χ3n) is 6.90. The monoisotopic (exact) mass is 411 g/mol. The Morgan fingerprint density at radius 3 is 2.63 bits per heavy atom. The first kappa shape index (κ1) is 19.5. The van der Waals surface area contributed by atoms with Gasteiger partial charge in [-0.25, -0.2) is 9.37 Å². The van der Waals surface area contributed by atoms with E-state index in [0.717, 1.165) is 74.8 Å². The summed E-state index contributed by atoms with van der Waals surface area (Å²) >= 11 is 0. The summed E-state index contributed by atoms with van der Waals surface area (Å²) in [6.45, 7) is 6.98. The van der Waals surface area contributed by atoms with Gasteiger partial charge < -0.3 is 14.8 Å². The molecule has 5 rings (SSSR count). The Morgan fingerprint density at radius 2 is 1.97 bits per heavy atom. The van der Waals surface area contributed by atoms with Crippen molar-refractivity contribution < 1.29 is 9.18 Å². The summed E-state index contributed by atoms with van der Waals surface area (Å²) in [6.07, 6.45) is 1.61. The second kappa shape index (κ2) is 7.38. The molecule has 3 aliphatic rings. The van der Waals surface area contributed by atoms with Gasteiger partial charge in [0.2, 0.25) is 0 Å². The van der Waals surface area contributed by atoms with Gasteiger partial charge in [-0.3, -0.25) is 9.69 Å². The molecule has 1 aliphatic carbocycles. The first-order valence-corrected chi connectivity index (χ1v) is 11.0. The molecule has 2 aromatic rings. The van der Waals surface area contributed by atoms with Gasteiger partial charge in [-0.15, -0.1) is 0 Å². The third kappa shape index (κ3) is 3.39. The van der Waals surface area contributed by atoms with Gasteiger partial charge in [-0.2, -0.15) is 0 Å². The smallest absolute Gasteiger partial charge is 0.270 e. The summed E-state index contributed by atoms with van der Waals surface area (Å²) in [7, 11) is 2.08. The summed E-state index contributed by atoms with van der Waals surface area (Å²) in [5.74, 6) is 0.933. The lowest BCUT2D eigenvalue weighted by atomic mass is 9.62. The molecule has 3 heterocycles. The van der Waals surface area contributed by atoms with Crippen LogP contribution >= 0.6 is 0 Å². The van der Waals surface area contributed by atoms with Crippen molar-refractivity contribution >= 4 is 11.6 Å². The summed E-state index contributed by atoms with van der Waals surface area (Å²) < 4.78 is 15.2. The number of halogens is 1.